The van der Waals surface area contributed by atoms with Gasteiger partial charge in [0.25, 0.3) is 0 Å². The number of hydrogen-bond acceptors (Lipinski definition) is 3. The van der Waals surface area contributed by atoms with Gasteiger partial charge in [-0.2, -0.15) is 0 Å². The van der Waals surface area contributed by atoms with Gasteiger partial charge in [-0.3, -0.25) is 4.90 Å². The highest BCUT2D eigenvalue weighted by Crippen LogP contribution is 2.39. The summed E-state index contributed by atoms with van der Waals surface area (Å²) in [6.45, 7) is 10.7. The van der Waals surface area contributed by atoms with Crippen molar-refractivity contribution in [2.24, 2.45) is 5.41 Å². The van der Waals surface area contributed by atoms with Crippen LogP contribution in [0.4, 0.5) is 4.79 Å². The molecule has 6 heteroatoms. The zero-order chi connectivity index (χ0) is 22.6. The van der Waals surface area contributed by atoms with Crippen LogP contribution in [-0.4, -0.2) is 52.8 Å². The maximum absolute atomic E-state index is 12.0. The maximum Gasteiger partial charge on any atom is 0.407 e. The fraction of sp³-hybridized carbons (Fsp3) is 0.480. The molecule has 5 nitrogen and oxygen atoms in total. The lowest BCUT2D eigenvalue weighted by Gasteiger charge is -2.48. The van der Waals surface area contributed by atoms with Gasteiger partial charge < -0.3 is 14.7 Å². The number of hydrogen-bond donors (Lipinski definition) is 1. The van der Waals surface area contributed by atoms with Crippen LogP contribution in [0, 0.1) is 5.41 Å². The molecule has 1 saturated heterocycles. The number of ether oxygens (including phenoxy) is 1. The number of amides is 1. The maximum atomic E-state index is 12.0. The highest BCUT2D eigenvalue weighted by atomic mass is 79.9. The monoisotopic (exact) mass is 488 g/mol. The van der Waals surface area contributed by atoms with Gasteiger partial charge in [-0.05, 0) is 46.0 Å². The van der Waals surface area contributed by atoms with Crippen LogP contribution in [0.25, 0.3) is 0 Å². The zero-order valence-corrected chi connectivity index (χ0v) is 20.4. The van der Waals surface area contributed by atoms with Crippen molar-refractivity contribution in [3.8, 4) is 5.75 Å². The van der Waals surface area contributed by atoms with Crippen molar-refractivity contribution in [1.29, 1.82) is 0 Å². The van der Waals surface area contributed by atoms with Crippen LogP contribution >= 0.6 is 15.9 Å². The Balaban J connectivity index is 1.79. The number of rotatable bonds is 6. The summed E-state index contributed by atoms with van der Waals surface area (Å²) in [5.74, 6) is 0.779. The lowest BCUT2D eigenvalue weighted by atomic mass is 9.80. The number of benzene rings is 2. The fourth-order valence-corrected chi connectivity index (χ4v) is 5.03. The molecule has 1 heterocycles. The van der Waals surface area contributed by atoms with E-state index in [4.69, 9.17) is 4.74 Å². The highest BCUT2D eigenvalue weighted by molar-refractivity contribution is 9.10. The number of para-hydroxylation sites is 1. The minimum Gasteiger partial charge on any atom is -0.489 e. The van der Waals surface area contributed by atoms with Gasteiger partial charge in [0.2, 0.25) is 0 Å². The van der Waals surface area contributed by atoms with Gasteiger partial charge in [-0.15, -0.1) is 0 Å². The van der Waals surface area contributed by atoms with Gasteiger partial charge in [-0.1, -0.05) is 63.2 Å². The van der Waals surface area contributed by atoms with Crippen molar-refractivity contribution < 1.29 is 14.6 Å². The average molecular weight is 489 g/mol. The van der Waals surface area contributed by atoms with Gasteiger partial charge >= 0.3 is 6.09 Å². The van der Waals surface area contributed by atoms with Crippen molar-refractivity contribution in [1.82, 2.24) is 9.80 Å². The first-order valence-corrected chi connectivity index (χ1v) is 11.7. The normalized spacial score (nSPS) is 19.6. The molecular weight excluding hydrogens is 456 g/mol. The Bertz CT molecular complexity index is 869. The molecule has 2 aromatic rings. The standard InChI is InChI=1S/C25H33BrN2O3/c1-18(31-22-13-9-8-12-21(22)26)16-20-17-27(14-15-28(20)24(29)30)23(25(2,3)4)19-10-6-5-7-11-19/h5-13,18,20,23H,14-17H2,1-4H3,(H,29,30)/t18?,20-,23?/m0/s1. The first-order valence-electron chi connectivity index (χ1n) is 10.9. The smallest absolute Gasteiger partial charge is 0.407 e. The Morgan fingerprint density at radius 1 is 1.13 bits per heavy atom. The Morgan fingerprint density at radius 3 is 2.39 bits per heavy atom. The largest absolute Gasteiger partial charge is 0.489 e. The van der Waals surface area contributed by atoms with Crippen molar-refractivity contribution in [3.63, 3.8) is 0 Å². The summed E-state index contributed by atoms with van der Waals surface area (Å²) in [5, 5.41) is 9.82. The minimum atomic E-state index is -0.857. The van der Waals surface area contributed by atoms with Crippen LogP contribution in [0.5, 0.6) is 5.75 Å². The van der Waals surface area contributed by atoms with Crippen LogP contribution in [0.15, 0.2) is 59.1 Å². The Morgan fingerprint density at radius 2 is 1.77 bits per heavy atom. The van der Waals surface area contributed by atoms with Gasteiger partial charge in [-0.25, -0.2) is 4.79 Å². The van der Waals surface area contributed by atoms with Gasteiger partial charge in [0.15, 0.2) is 0 Å². The molecule has 1 fully saturated rings. The first-order chi connectivity index (χ1) is 14.7. The molecule has 1 aliphatic heterocycles. The predicted molar refractivity (Wildman–Crippen MR) is 128 cm³/mol. The Hall–Kier alpha value is -2.05. The number of piperazine rings is 1. The number of halogens is 1. The SMILES string of the molecule is CC(C[C@H]1CN(C(c2ccccc2)C(C)(C)C)CCN1C(=O)O)Oc1ccccc1Br. The van der Waals surface area contributed by atoms with Crippen LogP contribution in [0.1, 0.15) is 45.7 Å². The minimum absolute atomic E-state index is 0.0221. The van der Waals surface area contributed by atoms with Crippen LogP contribution in [0.3, 0.4) is 0 Å². The van der Waals surface area contributed by atoms with Crippen molar-refractivity contribution in [3.05, 3.63) is 64.6 Å². The average Bonchev–Trinajstić information content (AvgIpc) is 2.69. The van der Waals surface area contributed by atoms with E-state index < -0.39 is 6.09 Å². The van der Waals surface area contributed by atoms with E-state index in [0.29, 0.717) is 19.5 Å². The molecule has 0 aromatic heterocycles. The lowest BCUT2D eigenvalue weighted by Crippen LogP contribution is -2.57. The summed E-state index contributed by atoms with van der Waals surface area (Å²) in [4.78, 5) is 16.0. The Kier molecular flexibility index (Phi) is 7.65. The lowest BCUT2D eigenvalue weighted by molar-refractivity contribution is 0.00431. The second-order valence-corrected chi connectivity index (χ2v) is 10.3. The third-order valence-corrected chi connectivity index (χ3v) is 6.48. The molecule has 0 spiro atoms. The third kappa shape index (κ3) is 6.01. The van der Waals surface area contributed by atoms with E-state index in [1.807, 2.05) is 37.3 Å². The van der Waals surface area contributed by atoms with Gasteiger partial charge in [0, 0.05) is 32.1 Å². The molecule has 1 N–H and O–H groups in total. The molecule has 0 saturated carbocycles. The molecule has 0 bridgehead atoms. The molecule has 1 amide bonds. The van der Waals surface area contributed by atoms with E-state index >= 15 is 0 Å². The molecule has 0 radical (unpaired) electrons. The highest BCUT2D eigenvalue weighted by Gasteiger charge is 2.39. The van der Waals surface area contributed by atoms with Crippen molar-refractivity contribution in [2.45, 2.75) is 52.3 Å². The molecule has 2 aromatic carbocycles. The summed E-state index contributed by atoms with van der Waals surface area (Å²) in [7, 11) is 0. The molecule has 1 aliphatic rings. The molecule has 0 aliphatic carbocycles. The molecular formula is C25H33BrN2O3. The summed E-state index contributed by atoms with van der Waals surface area (Å²) in [5.41, 5.74) is 1.30. The van der Waals surface area contributed by atoms with E-state index in [2.05, 4.69) is 65.9 Å². The fourth-order valence-electron chi connectivity index (χ4n) is 4.65. The first kappa shape index (κ1) is 23.6. The zero-order valence-electron chi connectivity index (χ0n) is 18.8. The molecule has 3 atom stereocenters. The van der Waals surface area contributed by atoms with E-state index in [9.17, 15) is 9.90 Å². The number of carbonyl (C=O) groups is 1. The van der Waals surface area contributed by atoms with Crippen LogP contribution in [-0.2, 0) is 0 Å². The predicted octanol–water partition coefficient (Wildman–Crippen LogP) is 6.06. The van der Waals surface area contributed by atoms with Gasteiger partial charge in [0.1, 0.15) is 5.75 Å². The topological polar surface area (TPSA) is 53.0 Å². The third-order valence-electron chi connectivity index (χ3n) is 5.83. The van der Waals surface area contributed by atoms with Crippen LogP contribution in [0.2, 0.25) is 0 Å². The van der Waals surface area contributed by atoms with Gasteiger partial charge in [0.05, 0.1) is 16.6 Å². The quantitative estimate of drug-likeness (QED) is 0.536. The molecule has 168 valence electrons. The second-order valence-electron chi connectivity index (χ2n) is 9.40. The van der Waals surface area contributed by atoms with E-state index in [1.54, 1.807) is 4.90 Å². The summed E-state index contributed by atoms with van der Waals surface area (Å²) in [6, 6.07) is 18.4. The van der Waals surface area contributed by atoms with E-state index in [0.717, 1.165) is 16.8 Å². The summed E-state index contributed by atoms with van der Waals surface area (Å²) < 4.78 is 7.04. The molecule has 2 unspecified atom stereocenters. The molecule has 31 heavy (non-hydrogen) atoms. The molecule has 3 rings (SSSR count). The number of carboxylic acid groups (broad SMARTS) is 1. The number of nitrogens with zero attached hydrogens (tertiary/aromatic N) is 2. The summed E-state index contributed by atoms with van der Waals surface area (Å²) in [6.07, 6.45) is -0.337. The summed E-state index contributed by atoms with van der Waals surface area (Å²) >= 11 is 3.52. The van der Waals surface area contributed by atoms with E-state index in [1.165, 1.54) is 5.56 Å². The van der Waals surface area contributed by atoms with E-state index in [-0.39, 0.29) is 23.6 Å². The second kappa shape index (κ2) is 10.0. The Labute approximate surface area is 194 Å². The van der Waals surface area contributed by atoms with Crippen LogP contribution < -0.4 is 4.74 Å². The van der Waals surface area contributed by atoms with Crippen molar-refractivity contribution in [2.75, 3.05) is 19.6 Å². The van der Waals surface area contributed by atoms with Crippen molar-refractivity contribution >= 4 is 22.0 Å².